The number of likely N-dealkylation sites (N-methyl/N-ethyl adjacent to an activating group) is 1. The zero-order chi connectivity index (χ0) is 26.1. The van der Waals surface area contributed by atoms with E-state index in [4.69, 9.17) is 5.73 Å². The van der Waals surface area contributed by atoms with E-state index in [1.165, 1.54) is 11.3 Å². The summed E-state index contributed by atoms with van der Waals surface area (Å²) in [5, 5.41) is 0. The summed E-state index contributed by atoms with van der Waals surface area (Å²) in [5.41, 5.74) is 8.08. The fraction of sp³-hybridized carbons (Fsp3) is 0.556. The monoisotopic (exact) mass is 497 g/mol. The predicted molar refractivity (Wildman–Crippen MR) is 139 cm³/mol. The molecule has 2 heterocycles. The molecule has 1 atom stereocenters. The van der Waals surface area contributed by atoms with Crippen LogP contribution in [0.3, 0.4) is 0 Å². The van der Waals surface area contributed by atoms with Crippen molar-refractivity contribution in [3.63, 3.8) is 0 Å². The van der Waals surface area contributed by atoms with Crippen molar-refractivity contribution < 1.29 is 19.2 Å². The molecule has 0 aliphatic carbocycles. The van der Waals surface area contributed by atoms with Crippen molar-refractivity contribution in [2.45, 2.75) is 58.0 Å². The Labute approximate surface area is 213 Å². The van der Waals surface area contributed by atoms with E-state index in [1.54, 1.807) is 29.2 Å². The molecule has 0 radical (unpaired) electrons. The molecule has 0 saturated carbocycles. The number of hydrogen-bond acceptors (Lipinski definition) is 6. The van der Waals surface area contributed by atoms with Crippen molar-refractivity contribution in [2.75, 3.05) is 45.5 Å². The van der Waals surface area contributed by atoms with Crippen molar-refractivity contribution in [3.8, 4) is 0 Å². The first kappa shape index (κ1) is 27.4. The third-order valence-corrected chi connectivity index (χ3v) is 7.07. The minimum Gasteiger partial charge on any atom is -0.398 e. The Bertz CT molecular complexity index is 973. The standard InChI is InChI=1S/C27H39N5O4/c1-21(32-19-23-22(27(32)36)9-6-10-24(23)28)12-13-26(35)31(20-33)18-8-15-29(2)14-7-11-25(34)30-16-4-3-5-17-30/h6-7,9-11,20-21H,3-5,8,12-19,28H2,1-2H3/b11-7+. The predicted octanol–water partition coefficient (Wildman–Crippen LogP) is 2.27. The van der Waals surface area contributed by atoms with Crippen LogP contribution in [0.4, 0.5) is 5.69 Å². The number of carbonyl (C=O) groups is 4. The van der Waals surface area contributed by atoms with E-state index in [2.05, 4.69) is 4.90 Å². The maximum Gasteiger partial charge on any atom is 0.254 e. The summed E-state index contributed by atoms with van der Waals surface area (Å²) >= 11 is 0. The highest BCUT2D eigenvalue weighted by atomic mass is 16.2. The van der Waals surface area contributed by atoms with Crippen molar-refractivity contribution >= 4 is 29.8 Å². The lowest BCUT2D eigenvalue weighted by molar-refractivity contribution is -0.138. The molecule has 36 heavy (non-hydrogen) atoms. The first-order chi connectivity index (χ1) is 17.3. The van der Waals surface area contributed by atoms with Crippen molar-refractivity contribution in [1.82, 2.24) is 19.6 Å². The Morgan fingerprint density at radius 3 is 2.61 bits per heavy atom. The molecule has 2 aliphatic rings. The van der Waals surface area contributed by atoms with Gasteiger partial charge in [-0.3, -0.25) is 24.1 Å². The Kier molecular flexibility index (Phi) is 10.0. The summed E-state index contributed by atoms with van der Waals surface area (Å²) in [6.45, 7) is 5.69. The SMILES string of the molecule is CC(CCC(=O)N(C=O)CCCN(C)C/C=C/C(=O)N1CCCCC1)N1Cc2c(N)cccc2C1=O. The topological polar surface area (TPSA) is 107 Å². The molecule has 2 aliphatic heterocycles. The van der Waals surface area contributed by atoms with Gasteiger partial charge in [0, 0.05) is 68.1 Å². The minimum absolute atomic E-state index is 0.0676. The molecule has 196 valence electrons. The number of rotatable bonds is 12. The van der Waals surface area contributed by atoms with Crippen LogP contribution >= 0.6 is 0 Å². The molecule has 1 saturated heterocycles. The molecular weight excluding hydrogens is 458 g/mol. The van der Waals surface area contributed by atoms with E-state index in [9.17, 15) is 19.2 Å². The number of hydrogen-bond donors (Lipinski definition) is 1. The fourth-order valence-electron chi connectivity index (χ4n) is 4.76. The van der Waals surface area contributed by atoms with Gasteiger partial charge in [0.2, 0.25) is 18.2 Å². The molecule has 1 unspecified atom stereocenters. The van der Waals surface area contributed by atoms with Crippen LogP contribution in [0.2, 0.25) is 0 Å². The highest BCUT2D eigenvalue weighted by molar-refractivity contribution is 6.00. The molecule has 9 nitrogen and oxygen atoms in total. The van der Waals surface area contributed by atoms with Crippen LogP contribution in [0.1, 0.15) is 61.4 Å². The second-order valence-corrected chi connectivity index (χ2v) is 9.79. The molecule has 0 aromatic heterocycles. The van der Waals surface area contributed by atoms with E-state index in [0.29, 0.717) is 56.7 Å². The number of piperidine rings is 1. The molecule has 0 bridgehead atoms. The van der Waals surface area contributed by atoms with Crippen LogP contribution in [0.5, 0.6) is 0 Å². The second-order valence-electron chi connectivity index (χ2n) is 9.79. The van der Waals surface area contributed by atoms with E-state index < -0.39 is 0 Å². The van der Waals surface area contributed by atoms with Crippen LogP contribution in [-0.2, 0) is 20.9 Å². The highest BCUT2D eigenvalue weighted by Crippen LogP contribution is 2.29. The molecule has 0 spiro atoms. The van der Waals surface area contributed by atoms with E-state index >= 15 is 0 Å². The summed E-state index contributed by atoms with van der Waals surface area (Å²) < 4.78 is 0. The van der Waals surface area contributed by atoms with Gasteiger partial charge in [-0.2, -0.15) is 0 Å². The molecule has 1 aromatic carbocycles. The number of anilines is 1. The van der Waals surface area contributed by atoms with E-state index in [1.807, 2.05) is 24.9 Å². The molecule has 4 amide bonds. The van der Waals surface area contributed by atoms with Gasteiger partial charge in [0.1, 0.15) is 0 Å². The number of nitrogens with zero attached hydrogens (tertiary/aromatic N) is 4. The van der Waals surface area contributed by atoms with E-state index in [0.717, 1.165) is 31.5 Å². The first-order valence-corrected chi connectivity index (χ1v) is 12.9. The first-order valence-electron chi connectivity index (χ1n) is 12.9. The number of imide groups is 1. The maximum atomic E-state index is 12.7. The summed E-state index contributed by atoms with van der Waals surface area (Å²) in [4.78, 5) is 55.9. The van der Waals surface area contributed by atoms with Gasteiger partial charge in [-0.1, -0.05) is 12.1 Å². The second kappa shape index (κ2) is 13.2. The van der Waals surface area contributed by atoms with Gasteiger partial charge >= 0.3 is 0 Å². The molecule has 3 rings (SSSR count). The summed E-state index contributed by atoms with van der Waals surface area (Å²) in [6, 6.07) is 5.19. The van der Waals surface area contributed by atoms with Gasteiger partial charge in [-0.25, -0.2) is 0 Å². The Morgan fingerprint density at radius 2 is 1.92 bits per heavy atom. The van der Waals surface area contributed by atoms with Crippen molar-refractivity contribution in [3.05, 3.63) is 41.5 Å². The Balaban J connectivity index is 1.36. The number of carbonyl (C=O) groups excluding carboxylic acids is 4. The van der Waals surface area contributed by atoms with Gasteiger partial charge in [0.05, 0.1) is 0 Å². The molecule has 9 heteroatoms. The molecule has 1 aromatic rings. The van der Waals surface area contributed by atoms with Gasteiger partial charge in [-0.15, -0.1) is 0 Å². The average molecular weight is 498 g/mol. The lowest BCUT2D eigenvalue weighted by Crippen LogP contribution is -2.36. The van der Waals surface area contributed by atoms with Crippen LogP contribution < -0.4 is 5.73 Å². The quantitative estimate of drug-likeness (QED) is 0.270. The normalized spacial score (nSPS) is 16.5. The third-order valence-electron chi connectivity index (χ3n) is 7.07. The number of nitrogen functional groups attached to an aromatic ring is 1. The lowest BCUT2D eigenvalue weighted by atomic mass is 10.1. The largest absolute Gasteiger partial charge is 0.398 e. The minimum atomic E-state index is -0.241. The summed E-state index contributed by atoms with van der Waals surface area (Å²) in [6.07, 6.45) is 8.73. The molecular formula is C27H39N5O4. The smallest absolute Gasteiger partial charge is 0.254 e. The number of amides is 4. The fourth-order valence-corrected chi connectivity index (χ4v) is 4.76. The number of benzene rings is 1. The zero-order valence-corrected chi connectivity index (χ0v) is 21.5. The Hall–Kier alpha value is -3.20. The maximum absolute atomic E-state index is 12.7. The number of nitrogens with two attached hydrogens (primary N) is 1. The van der Waals surface area contributed by atoms with Crippen LogP contribution in [0, 0.1) is 0 Å². The molecule has 1 fully saturated rings. The van der Waals surface area contributed by atoms with Crippen molar-refractivity contribution in [1.29, 1.82) is 0 Å². The number of fused-ring (bicyclic) bond motifs is 1. The van der Waals surface area contributed by atoms with Gasteiger partial charge in [0.25, 0.3) is 5.91 Å². The van der Waals surface area contributed by atoms with E-state index in [-0.39, 0.29) is 30.2 Å². The van der Waals surface area contributed by atoms with Gasteiger partial charge in [-0.05, 0) is 64.8 Å². The van der Waals surface area contributed by atoms with Crippen LogP contribution in [-0.4, -0.2) is 89.5 Å². The summed E-state index contributed by atoms with van der Waals surface area (Å²) in [5.74, 6) is -0.243. The van der Waals surface area contributed by atoms with Crippen molar-refractivity contribution in [2.24, 2.45) is 0 Å². The molecule has 2 N–H and O–H groups in total. The third kappa shape index (κ3) is 7.16. The van der Waals surface area contributed by atoms with Crippen LogP contribution in [0.25, 0.3) is 0 Å². The van der Waals surface area contributed by atoms with Gasteiger partial charge < -0.3 is 20.4 Å². The van der Waals surface area contributed by atoms with Gasteiger partial charge in [0.15, 0.2) is 0 Å². The summed E-state index contributed by atoms with van der Waals surface area (Å²) in [7, 11) is 1.95. The zero-order valence-electron chi connectivity index (χ0n) is 21.5. The Morgan fingerprint density at radius 1 is 1.17 bits per heavy atom. The van der Waals surface area contributed by atoms with Crippen LogP contribution in [0.15, 0.2) is 30.4 Å². The highest BCUT2D eigenvalue weighted by Gasteiger charge is 2.32. The lowest BCUT2D eigenvalue weighted by Gasteiger charge is -2.25. The average Bonchev–Trinajstić information content (AvgIpc) is 3.23. The number of likely N-dealkylation sites (tertiary alicyclic amines) is 1.